The second-order valence-electron chi connectivity index (χ2n) is 6.72. The molecular weight excluding hydrogens is 344 g/mol. The topological polar surface area (TPSA) is 87.5 Å². The minimum atomic E-state index is -0.536. The first-order valence-corrected chi connectivity index (χ1v) is 9.20. The predicted molar refractivity (Wildman–Crippen MR) is 107 cm³/mol. The van der Waals surface area contributed by atoms with E-state index in [1.807, 2.05) is 12.1 Å². The molecule has 27 heavy (non-hydrogen) atoms. The van der Waals surface area contributed by atoms with Crippen molar-refractivity contribution in [1.29, 1.82) is 0 Å². The number of benzene rings is 2. The number of nitrogens with zero attached hydrogens (tertiary/aromatic N) is 2. The number of amides is 1. The highest BCUT2D eigenvalue weighted by Gasteiger charge is 2.19. The van der Waals surface area contributed by atoms with Gasteiger partial charge in [0.15, 0.2) is 0 Å². The Morgan fingerprint density at radius 2 is 1.74 bits per heavy atom. The van der Waals surface area contributed by atoms with Gasteiger partial charge in [0, 0.05) is 30.5 Å². The smallest absolute Gasteiger partial charge is 0.292 e. The Morgan fingerprint density at radius 1 is 1.07 bits per heavy atom. The number of hydrogen-bond donors (Lipinski definition) is 2. The largest absolute Gasteiger partial charge is 0.374 e. The van der Waals surface area contributed by atoms with Crippen LogP contribution in [0.25, 0.3) is 0 Å². The molecule has 142 valence electrons. The zero-order chi connectivity index (χ0) is 19.2. The van der Waals surface area contributed by atoms with Crippen LogP contribution in [0.3, 0.4) is 0 Å². The van der Waals surface area contributed by atoms with Crippen LogP contribution in [0.15, 0.2) is 48.5 Å². The third-order valence-corrected chi connectivity index (χ3v) is 4.72. The summed E-state index contributed by atoms with van der Waals surface area (Å²) in [4.78, 5) is 25.3. The molecule has 1 aliphatic rings. The van der Waals surface area contributed by atoms with Crippen LogP contribution in [0, 0.1) is 10.1 Å². The molecular formula is C20H24N4O3. The number of rotatable bonds is 6. The maximum Gasteiger partial charge on any atom is 0.292 e. The van der Waals surface area contributed by atoms with Crippen LogP contribution in [0.2, 0.25) is 0 Å². The van der Waals surface area contributed by atoms with E-state index in [0.29, 0.717) is 0 Å². The van der Waals surface area contributed by atoms with E-state index in [1.54, 1.807) is 19.1 Å². The van der Waals surface area contributed by atoms with Crippen molar-refractivity contribution < 1.29 is 9.72 Å². The number of nitro groups is 1. The van der Waals surface area contributed by atoms with Crippen molar-refractivity contribution in [2.45, 2.75) is 32.2 Å². The molecule has 0 bridgehead atoms. The van der Waals surface area contributed by atoms with E-state index in [9.17, 15) is 14.9 Å². The lowest BCUT2D eigenvalue weighted by Gasteiger charge is -2.29. The molecule has 7 heteroatoms. The molecule has 2 aromatic rings. The number of para-hydroxylation sites is 2. The molecule has 1 aliphatic heterocycles. The van der Waals surface area contributed by atoms with E-state index in [2.05, 4.69) is 27.7 Å². The van der Waals surface area contributed by atoms with Crippen molar-refractivity contribution in [2.75, 3.05) is 28.6 Å². The van der Waals surface area contributed by atoms with Gasteiger partial charge in [-0.1, -0.05) is 12.1 Å². The molecule has 0 radical (unpaired) electrons. The van der Waals surface area contributed by atoms with Gasteiger partial charge in [-0.15, -0.1) is 0 Å². The van der Waals surface area contributed by atoms with Crippen LogP contribution < -0.4 is 15.5 Å². The Kier molecular flexibility index (Phi) is 5.90. The number of piperidine rings is 1. The van der Waals surface area contributed by atoms with E-state index >= 15 is 0 Å². The lowest BCUT2D eigenvalue weighted by Crippen LogP contribution is -2.32. The maximum absolute atomic E-state index is 12.4. The van der Waals surface area contributed by atoms with Gasteiger partial charge in [-0.25, -0.2) is 0 Å². The quantitative estimate of drug-likeness (QED) is 0.594. The summed E-state index contributed by atoms with van der Waals surface area (Å²) < 4.78 is 0. The zero-order valence-corrected chi connectivity index (χ0v) is 15.4. The molecule has 1 fully saturated rings. The molecule has 2 aromatic carbocycles. The van der Waals surface area contributed by atoms with Crippen molar-refractivity contribution in [3.8, 4) is 0 Å². The molecule has 1 heterocycles. The van der Waals surface area contributed by atoms with Gasteiger partial charge in [0.05, 0.1) is 4.92 Å². The monoisotopic (exact) mass is 368 g/mol. The number of anilines is 3. The second kappa shape index (κ2) is 8.53. The summed E-state index contributed by atoms with van der Waals surface area (Å²) in [6.07, 6.45) is 3.74. The molecule has 0 spiro atoms. The van der Waals surface area contributed by atoms with Crippen molar-refractivity contribution in [3.63, 3.8) is 0 Å². The van der Waals surface area contributed by atoms with Gasteiger partial charge in [0.25, 0.3) is 5.69 Å². The standard InChI is InChI=1S/C20H24N4O3/c1-15(20(25)22-18-7-3-4-8-19(18)24(26)27)21-16-9-11-17(12-10-16)23-13-5-2-6-14-23/h3-4,7-12,15,21H,2,5-6,13-14H2,1H3,(H,22,25)/t15-/m1/s1. The third-order valence-electron chi connectivity index (χ3n) is 4.72. The van der Waals surface area contributed by atoms with E-state index in [4.69, 9.17) is 0 Å². The van der Waals surface area contributed by atoms with E-state index < -0.39 is 11.0 Å². The first-order chi connectivity index (χ1) is 13.0. The van der Waals surface area contributed by atoms with Crippen LogP contribution in [0.4, 0.5) is 22.7 Å². The van der Waals surface area contributed by atoms with Crippen LogP contribution in [0.1, 0.15) is 26.2 Å². The SMILES string of the molecule is C[C@@H](Nc1ccc(N2CCCCC2)cc1)C(=O)Nc1ccccc1[N+](=O)[O-]. The van der Waals surface area contributed by atoms with Crippen molar-refractivity contribution in [2.24, 2.45) is 0 Å². The zero-order valence-electron chi connectivity index (χ0n) is 15.4. The van der Waals surface area contributed by atoms with Gasteiger partial charge < -0.3 is 15.5 Å². The highest BCUT2D eigenvalue weighted by atomic mass is 16.6. The Bertz CT molecular complexity index is 801. The Balaban J connectivity index is 1.60. The molecule has 0 unspecified atom stereocenters. The highest BCUT2D eigenvalue weighted by Crippen LogP contribution is 2.24. The van der Waals surface area contributed by atoms with Crippen LogP contribution in [0.5, 0.6) is 0 Å². The van der Waals surface area contributed by atoms with Crippen LogP contribution in [-0.2, 0) is 4.79 Å². The third kappa shape index (κ3) is 4.75. The second-order valence-corrected chi connectivity index (χ2v) is 6.72. The minimum Gasteiger partial charge on any atom is -0.374 e. The summed E-state index contributed by atoms with van der Waals surface area (Å²) in [5, 5.41) is 16.8. The Labute approximate surface area is 158 Å². The summed E-state index contributed by atoms with van der Waals surface area (Å²) in [6.45, 7) is 3.89. The number of carbonyl (C=O) groups is 1. The Morgan fingerprint density at radius 3 is 2.41 bits per heavy atom. The molecule has 7 nitrogen and oxygen atoms in total. The molecule has 0 aliphatic carbocycles. The van der Waals surface area contributed by atoms with Crippen LogP contribution in [-0.4, -0.2) is 30.0 Å². The minimum absolute atomic E-state index is 0.121. The number of nitro benzene ring substituents is 1. The van der Waals surface area contributed by atoms with Crippen molar-refractivity contribution >= 4 is 28.7 Å². The number of nitrogens with one attached hydrogen (secondary N) is 2. The van der Waals surface area contributed by atoms with Gasteiger partial charge in [0.2, 0.25) is 5.91 Å². The summed E-state index contributed by atoms with van der Waals surface area (Å²) in [6, 6.07) is 13.6. The lowest BCUT2D eigenvalue weighted by atomic mass is 10.1. The molecule has 0 aromatic heterocycles. The molecule has 2 N–H and O–H groups in total. The first-order valence-electron chi connectivity index (χ1n) is 9.20. The fourth-order valence-electron chi connectivity index (χ4n) is 3.22. The van der Waals surface area contributed by atoms with E-state index in [1.165, 1.54) is 37.1 Å². The molecule has 0 saturated carbocycles. The summed E-state index contributed by atoms with van der Waals surface area (Å²) in [5.74, 6) is -0.329. The van der Waals surface area contributed by atoms with Crippen LogP contribution >= 0.6 is 0 Å². The summed E-state index contributed by atoms with van der Waals surface area (Å²) >= 11 is 0. The van der Waals surface area contributed by atoms with Gasteiger partial charge in [-0.3, -0.25) is 14.9 Å². The van der Waals surface area contributed by atoms with E-state index in [0.717, 1.165) is 18.8 Å². The highest BCUT2D eigenvalue weighted by molar-refractivity contribution is 5.98. The average Bonchev–Trinajstić information content (AvgIpc) is 2.69. The normalized spacial score (nSPS) is 15.1. The lowest BCUT2D eigenvalue weighted by molar-refractivity contribution is -0.383. The molecule has 1 saturated heterocycles. The van der Waals surface area contributed by atoms with Gasteiger partial charge >= 0.3 is 0 Å². The molecule has 1 atom stereocenters. The van der Waals surface area contributed by atoms with Crippen molar-refractivity contribution in [3.05, 3.63) is 58.6 Å². The number of carbonyl (C=O) groups excluding carboxylic acids is 1. The summed E-state index contributed by atoms with van der Waals surface area (Å²) in [7, 11) is 0. The molecule has 3 rings (SSSR count). The van der Waals surface area contributed by atoms with Gasteiger partial charge in [-0.2, -0.15) is 0 Å². The number of hydrogen-bond acceptors (Lipinski definition) is 5. The Hall–Kier alpha value is -3.09. The first kappa shape index (κ1) is 18.7. The van der Waals surface area contributed by atoms with Gasteiger partial charge in [0.1, 0.15) is 11.7 Å². The average molecular weight is 368 g/mol. The summed E-state index contributed by atoms with van der Waals surface area (Å²) in [5.41, 5.74) is 2.10. The fraction of sp³-hybridized carbons (Fsp3) is 0.350. The van der Waals surface area contributed by atoms with Gasteiger partial charge in [-0.05, 0) is 56.5 Å². The maximum atomic E-state index is 12.4. The fourth-order valence-corrected chi connectivity index (χ4v) is 3.22. The molecule has 1 amide bonds. The van der Waals surface area contributed by atoms with E-state index in [-0.39, 0.29) is 17.3 Å². The van der Waals surface area contributed by atoms with Crippen molar-refractivity contribution in [1.82, 2.24) is 0 Å². The predicted octanol–water partition coefficient (Wildman–Crippen LogP) is 4.02.